The molecule has 2 unspecified atom stereocenters. The van der Waals surface area contributed by atoms with Crippen molar-refractivity contribution in [1.29, 1.82) is 0 Å². The highest BCUT2D eigenvalue weighted by atomic mass is 16.5. The van der Waals surface area contributed by atoms with Crippen LogP contribution in [0.4, 0.5) is 4.79 Å². The molecule has 0 spiro atoms. The van der Waals surface area contributed by atoms with E-state index in [1.807, 2.05) is 24.3 Å². The number of carboxylic acid groups (broad SMARTS) is 1. The lowest BCUT2D eigenvalue weighted by molar-refractivity contribution is -0.154. The van der Waals surface area contributed by atoms with Crippen LogP contribution >= 0.6 is 0 Å². The van der Waals surface area contributed by atoms with Gasteiger partial charge < -0.3 is 20.5 Å². The number of carbonyl (C=O) groups excluding carboxylic acids is 2. The second-order valence-electron chi connectivity index (χ2n) is 10.2. The van der Waals surface area contributed by atoms with Crippen LogP contribution in [0.1, 0.15) is 62.0 Å². The Morgan fingerprint density at radius 2 is 1.60 bits per heavy atom. The average Bonchev–Trinajstić information content (AvgIpc) is 3.38. The third kappa shape index (κ3) is 4.64. The van der Waals surface area contributed by atoms with Gasteiger partial charge in [0.25, 0.3) is 0 Å². The van der Waals surface area contributed by atoms with Crippen LogP contribution in [0.25, 0.3) is 11.1 Å². The molecule has 0 bridgehead atoms. The number of amides is 2. The van der Waals surface area contributed by atoms with Crippen molar-refractivity contribution < 1.29 is 24.2 Å². The van der Waals surface area contributed by atoms with Gasteiger partial charge >= 0.3 is 12.1 Å². The molecule has 3 N–H and O–H groups in total. The predicted octanol–water partition coefficient (Wildman–Crippen LogP) is 4.46. The zero-order valence-corrected chi connectivity index (χ0v) is 19.8. The largest absolute Gasteiger partial charge is 0.481 e. The lowest BCUT2D eigenvalue weighted by atomic mass is 9.69. The van der Waals surface area contributed by atoms with Gasteiger partial charge in [-0.2, -0.15) is 0 Å². The predicted molar refractivity (Wildman–Crippen MR) is 131 cm³/mol. The summed E-state index contributed by atoms with van der Waals surface area (Å²) in [6, 6.07) is 16.3. The Morgan fingerprint density at radius 3 is 2.20 bits per heavy atom. The summed E-state index contributed by atoms with van der Waals surface area (Å²) < 4.78 is 5.68. The molecule has 184 valence electrons. The molecule has 0 aliphatic heterocycles. The number of carboxylic acids is 1. The van der Waals surface area contributed by atoms with Crippen molar-refractivity contribution in [2.75, 3.05) is 13.2 Å². The van der Waals surface area contributed by atoms with Gasteiger partial charge in [0.2, 0.25) is 5.91 Å². The topological polar surface area (TPSA) is 105 Å². The van der Waals surface area contributed by atoms with Crippen LogP contribution < -0.4 is 10.6 Å². The number of alkyl carbamates (subject to hydrolysis) is 1. The van der Waals surface area contributed by atoms with Crippen LogP contribution in [0.2, 0.25) is 0 Å². The molecule has 3 aliphatic carbocycles. The van der Waals surface area contributed by atoms with Crippen molar-refractivity contribution in [2.45, 2.75) is 56.9 Å². The first-order chi connectivity index (χ1) is 17.0. The number of fused-ring (bicyclic) bond motifs is 3. The van der Waals surface area contributed by atoms with Gasteiger partial charge in [0.05, 0.1) is 5.41 Å². The molecule has 35 heavy (non-hydrogen) atoms. The molecule has 2 atom stereocenters. The number of nitrogens with one attached hydrogen (secondary N) is 2. The number of ether oxygens (including phenoxy) is 1. The van der Waals surface area contributed by atoms with E-state index < -0.39 is 17.5 Å². The standard InChI is InChI=1S/C28H32N2O5/c31-25(29-17-28(26(32)33)13-6-14-28)15-18-7-5-12-24(18)30-27(34)35-16-23-21-10-3-1-8-19(21)20-9-2-4-11-22(20)23/h1-4,8-11,18,23-24H,5-7,12-17H2,(H,29,31)(H,30,34)(H,32,33). The molecule has 3 aliphatic rings. The summed E-state index contributed by atoms with van der Waals surface area (Å²) in [5.41, 5.74) is 3.91. The van der Waals surface area contributed by atoms with Crippen LogP contribution in [-0.2, 0) is 14.3 Å². The van der Waals surface area contributed by atoms with E-state index in [9.17, 15) is 19.5 Å². The zero-order valence-electron chi connectivity index (χ0n) is 19.8. The Hall–Kier alpha value is -3.35. The Kier molecular flexibility index (Phi) is 6.50. The fourth-order valence-corrected chi connectivity index (χ4v) is 5.91. The normalized spacial score (nSPS) is 21.9. The van der Waals surface area contributed by atoms with E-state index in [1.165, 1.54) is 22.3 Å². The van der Waals surface area contributed by atoms with E-state index in [1.54, 1.807) is 0 Å². The first-order valence-corrected chi connectivity index (χ1v) is 12.6. The van der Waals surface area contributed by atoms with Crippen LogP contribution in [0.5, 0.6) is 0 Å². The van der Waals surface area contributed by atoms with E-state index in [-0.39, 0.29) is 43.4 Å². The fraction of sp³-hybridized carbons (Fsp3) is 0.464. The minimum Gasteiger partial charge on any atom is -0.481 e. The molecule has 2 aromatic rings. The summed E-state index contributed by atoms with van der Waals surface area (Å²) in [6.45, 7) is 0.438. The van der Waals surface area contributed by atoms with Crippen molar-refractivity contribution in [3.8, 4) is 11.1 Å². The maximum Gasteiger partial charge on any atom is 0.407 e. The highest BCUT2D eigenvalue weighted by Crippen LogP contribution is 2.44. The Labute approximate surface area is 205 Å². The van der Waals surface area contributed by atoms with E-state index in [4.69, 9.17) is 4.74 Å². The molecule has 2 saturated carbocycles. The maximum atomic E-state index is 12.7. The average molecular weight is 477 g/mol. The van der Waals surface area contributed by atoms with Crippen molar-refractivity contribution >= 4 is 18.0 Å². The first-order valence-electron chi connectivity index (χ1n) is 12.6. The van der Waals surface area contributed by atoms with E-state index in [2.05, 4.69) is 34.9 Å². The summed E-state index contributed by atoms with van der Waals surface area (Å²) in [6.07, 6.45) is 4.53. The quantitative estimate of drug-likeness (QED) is 0.522. The van der Waals surface area contributed by atoms with E-state index in [0.29, 0.717) is 12.8 Å². The minimum absolute atomic E-state index is 0.00589. The van der Waals surface area contributed by atoms with Gasteiger partial charge in [-0.1, -0.05) is 61.4 Å². The van der Waals surface area contributed by atoms with Crippen molar-refractivity contribution in [3.05, 3.63) is 59.7 Å². The monoisotopic (exact) mass is 476 g/mol. The third-order valence-corrected chi connectivity index (χ3v) is 8.14. The summed E-state index contributed by atoms with van der Waals surface area (Å²) in [4.78, 5) is 36.7. The smallest absolute Gasteiger partial charge is 0.407 e. The Balaban J connectivity index is 1.13. The SMILES string of the molecule is O=C(CC1CCCC1NC(=O)OCC1c2ccccc2-c2ccccc21)NCC1(C(=O)O)CCC1. The third-order valence-electron chi connectivity index (χ3n) is 8.14. The molecule has 2 fully saturated rings. The van der Waals surface area contributed by atoms with Crippen molar-refractivity contribution in [1.82, 2.24) is 10.6 Å². The van der Waals surface area contributed by atoms with Gasteiger partial charge in [-0.3, -0.25) is 9.59 Å². The van der Waals surface area contributed by atoms with Crippen LogP contribution in [0.15, 0.2) is 48.5 Å². The van der Waals surface area contributed by atoms with Gasteiger partial charge in [-0.05, 0) is 53.9 Å². The number of aliphatic carboxylic acids is 1. The summed E-state index contributed by atoms with van der Waals surface area (Å²) in [5, 5.41) is 15.3. The number of carbonyl (C=O) groups is 3. The lowest BCUT2D eigenvalue weighted by Crippen LogP contribution is -2.48. The van der Waals surface area contributed by atoms with Gasteiger partial charge in [0.15, 0.2) is 0 Å². The second kappa shape index (κ2) is 9.72. The molecule has 0 radical (unpaired) electrons. The number of hydrogen-bond acceptors (Lipinski definition) is 4. The molecule has 0 saturated heterocycles. The Morgan fingerprint density at radius 1 is 0.943 bits per heavy atom. The van der Waals surface area contributed by atoms with Gasteiger partial charge in [0.1, 0.15) is 6.61 Å². The molecule has 5 rings (SSSR count). The lowest BCUT2D eigenvalue weighted by Gasteiger charge is -2.37. The highest BCUT2D eigenvalue weighted by molar-refractivity contribution is 5.80. The van der Waals surface area contributed by atoms with Crippen LogP contribution in [0.3, 0.4) is 0 Å². The van der Waals surface area contributed by atoms with Gasteiger partial charge in [-0.25, -0.2) is 4.79 Å². The first kappa shape index (κ1) is 23.4. The van der Waals surface area contributed by atoms with Crippen molar-refractivity contribution in [2.24, 2.45) is 11.3 Å². The molecule has 2 amide bonds. The fourth-order valence-electron chi connectivity index (χ4n) is 5.91. The van der Waals surface area contributed by atoms with Crippen molar-refractivity contribution in [3.63, 3.8) is 0 Å². The molecule has 0 aromatic heterocycles. The summed E-state index contributed by atoms with van der Waals surface area (Å²) >= 11 is 0. The van der Waals surface area contributed by atoms with Crippen LogP contribution in [0, 0.1) is 11.3 Å². The number of hydrogen-bond donors (Lipinski definition) is 3. The van der Waals surface area contributed by atoms with Crippen LogP contribution in [-0.4, -0.2) is 42.3 Å². The molecule has 7 nitrogen and oxygen atoms in total. The summed E-state index contributed by atoms with van der Waals surface area (Å²) in [7, 11) is 0. The molecular weight excluding hydrogens is 444 g/mol. The second-order valence-corrected chi connectivity index (χ2v) is 10.2. The van der Waals surface area contributed by atoms with Gasteiger partial charge in [0, 0.05) is 24.9 Å². The highest BCUT2D eigenvalue weighted by Gasteiger charge is 2.44. The number of benzene rings is 2. The minimum atomic E-state index is -0.834. The van der Waals surface area contributed by atoms with E-state index >= 15 is 0 Å². The Bertz CT molecular complexity index is 1080. The molecule has 2 aromatic carbocycles. The molecular formula is C28H32N2O5. The summed E-state index contributed by atoms with van der Waals surface area (Å²) in [5.74, 6) is -0.951. The molecule has 7 heteroatoms. The van der Waals surface area contributed by atoms with Gasteiger partial charge in [-0.15, -0.1) is 0 Å². The molecule has 0 heterocycles. The number of rotatable bonds is 8. The van der Waals surface area contributed by atoms with E-state index in [0.717, 1.165) is 25.7 Å². The zero-order chi connectivity index (χ0) is 24.4. The maximum absolute atomic E-state index is 12.7.